The Morgan fingerprint density at radius 2 is 1.94 bits per heavy atom. The van der Waals surface area contributed by atoms with Crippen LogP contribution in [0.25, 0.3) is 10.1 Å². The molecule has 1 aromatic carbocycles. The van der Waals surface area contributed by atoms with Crippen LogP contribution < -0.4 is 5.73 Å². The largest absolute Gasteiger partial charge is 0.326 e. The van der Waals surface area contributed by atoms with Crippen molar-refractivity contribution in [2.24, 2.45) is 5.73 Å². The lowest BCUT2D eigenvalue weighted by Crippen LogP contribution is -2.54. The molecule has 2 rings (SSSR count). The molecule has 0 saturated carbocycles. The van der Waals surface area contributed by atoms with Gasteiger partial charge in [0.2, 0.25) is 0 Å². The molecule has 0 saturated heterocycles. The van der Waals surface area contributed by atoms with Crippen LogP contribution in [0.5, 0.6) is 0 Å². The molecular weight excluding hydrogens is 240 g/mol. The van der Waals surface area contributed by atoms with Gasteiger partial charge in [0.1, 0.15) is 0 Å². The van der Waals surface area contributed by atoms with Crippen molar-refractivity contribution in [2.45, 2.75) is 31.8 Å². The number of nitrogens with two attached hydrogens (primary N) is 1. The van der Waals surface area contributed by atoms with Gasteiger partial charge in [-0.25, -0.2) is 0 Å². The molecule has 0 aliphatic heterocycles. The molecule has 2 nitrogen and oxygen atoms in total. The highest BCUT2D eigenvalue weighted by Gasteiger charge is 2.29. The molecule has 18 heavy (non-hydrogen) atoms. The first kappa shape index (κ1) is 13.5. The highest BCUT2D eigenvalue weighted by Crippen LogP contribution is 2.28. The van der Waals surface area contributed by atoms with Gasteiger partial charge in [0.15, 0.2) is 0 Å². The van der Waals surface area contributed by atoms with E-state index < -0.39 is 0 Å². The van der Waals surface area contributed by atoms with Gasteiger partial charge in [-0.15, -0.1) is 11.3 Å². The fraction of sp³-hybridized carbons (Fsp3) is 0.467. The third-order valence-electron chi connectivity index (χ3n) is 4.06. The van der Waals surface area contributed by atoms with E-state index in [0.717, 1.165) is 6.42 Å². The number of benzene rings is 1. The van der Waals surface area contributed by atoms with Crippen LogP contribution in [-0.4, -0.2) is 30.6 Å². The minimum absolute atomic E-state index is 0.00302. The first-order valence-electron chi connectivity index (χ1n) is 6.31. The van der Waals surface area contributed by atoms with Gasteiger partial charge in [-0.3, -0.25) is 0 Å². The van der Waals surface area contributed by atoms with E-state index in [4.69, 9.17) is 5.73 Å². The van der Waals surface area contributed by atoms with Crippen LogP contribution in [0.2, 0.25) is 0 Å². The zero-order chi connectivity index (χ0) is 13.3. The molecular formula is C15H22N2S. The van der Waals surface area contributed by atoms with Crippen molar-refractivity contribution >= 4 is 21.4 Å². The molecule has 1 atom stereocenters. The monoisotopic (exact) mass is 262 g/mol. The van der Waals surface area contributed by atoms with Crippen LogP contribution in [0.4, 0.5) is 0 Å². The van der Waals surface area contributed by atoms with Crippen molar-refractivity contribution in [3.63, 3.8) is 0 Å². The van der Waals surface area contributed by atoms with Crippen molar-refractivity contribution in [3.05, 3.63) is 35.2 Å². The third-order valence-corrected chi connectivity index (χ3v) is 5.07. The lowest BCUT2D eigenvalue weighted by atomic mass is 9.89. The molecule has 2 N–H and O–H groups in total. The highest BCUT2D eigenvalue weighted by molar-refractivity contribution is 7.17. The molecule has 1 heterocycles. The summed E-state index contributed by atoms with van der Waals surface area (Å²) in [4.78, 5) is 2.20. The lowest BCUT2D eigenvalue weighted by molar-refractivity contribution is 0.158. The molecule has 1 aromatic heterocycles. The van der Waals surface area contributed by atoms with Gasteiger partial charge in [0.05, 0.1) is 0 Å². The molecule has 0 aliphatic rings. The summed E-state index contributed by atoms with van der Waals surface area (Å²) in [5.41, 5.74) is 7.77. The lowest BCUT2D eigenvalue weighted by Gasteiger charge is -2.38. The molecule has 98 valence electrons. The summed E-state index contributed by atoms with van der Waals surface area (Å²) in [6.45, 7) is 4.40. The summed E-state index contributed by atoms with van der Waals surface area (Å²) >= 11 is 1.81. The van der Waals surface area contributed by atoms with Crippen LogP contribution in [-0.2, 0) is 6.42 Å². The first-order valence-corrected chi connectivity index (χ1v) is 7.19. The fourth-order valence-corrected chi connectivity index (χ4v) is 2.98. The van der Waals surface area contributed by atoms with E-state index in [2.05, 4.69) is 62.5 Å². The van der Waals surface area contributed by atoms with E-state index in [0.29, 0.717) is 0 Å². The average molecular weight is 262 g/mol. The molecule has 0 fully saturated rings. The van der Waals surface area contributed by atoms with E-state index in [9.17, 15) is 0 Å². The van der Waals surface area contributed by atoms with Gasteiger partial charge in [-0.2, -0.15) is 0 Å². The number of likely N-dealkylation sites (N-methyl/N-ethyl adjacent to an activating group) is 1. The van der Waals surface area contributed by atoms with Crippen molar-refractivity contribution in [1.82, 2.24) is 4.90 Å². The summed E-state index contributed by atoms with van der Waals surface area (Å²) in [5, 5.41) is 3.60. The van der Waals surface area contributed by atoms with Gasteiger partial charge in [-0.1, -0.05) is 18.2 Å². The topological polar surface area (TPSA) is 29.3 Å². The third kappa shape index (κ3) is 2.44. The number of hydrogen-bond acceptors (Lipinski definition) is 3. The normalized spacial score (nSPS) is 14.3. The maximum atomic E-state index is 6.40. The molecule has 0 amide bonds. The van der Waals surface area contributed by atoms with Crippen LogP contribution in [0.1, 0.15) is 19.4 Å². The maximum absolute atomic E-state index is 6.40. The predicted octanol–water partition coefficient (Wildman–Crippen LogP) is 3.11. The summed E-state index contributed by atoms with van der Waals surface area (Å²) in [5.74, 6) is 0. The van der Waals surface area contributed by atoms with E-state index in [1.54, 1.807) is 11.3 Å². The number of hydrogen-bond donors (Lipinski definition) is 1. The van der Waals surface area contributed by atoms with E-state index in [1.807, 2.05) is 0 Å². The van der Waals surface area contributed by atoms with Crippen molar-refractivity contribution in [2.75, 3.05) is 14.1 Å². The van der Waals surface area contributed by atoms with Crippen LogP contribution >= 0.6 is 11.3 Å². The molecule has 0 aliphatic carbocycles. The van der Waals surface area contributed by atoms with Gasteiger partial charge < -0.3 is 10.6 Å². The predicted molar refractivity (Wildman–Crippen MR) is 81.3 cm³/mol. The maximum Gasteiger partial charge on any atom is 0.0345 e. The Balaban J connectivity index is 2.24. The standard InChI is InChI=1S/C15H22N2S/c1-15(2,17(3)4)14(16)9-11-10-18-13-8-6-5-7-12(11)13/h5-8,10,14H,9,16H2,1-4H3. The summed E-state index contributed by atoms with van der Waals surface area (Å²) in [6, 6.07) is 8.68. The van der Waals surface area contributed by atoms with Gasteiger partial charge in [0.25, 0.3) is 0 Å². The Hall–Kier alpha value is -0.900. The Labute approximate surface area is 113 Å². The Kier molecular flexibility index (Phi) is 3.76. The molecule has 1 unspecified atom stereocenters. The van der Waals surface area contributed by atoms with E-state index in [-0.39, 0.29) is 11.6 Å². The molecule has 0 bridgehead atoms. The highest BCUT2D eigenvalue weighted by atomic mass is 32.1. The smallest absolute Gasteiger partial charge is 0.0345 e. The van der Waals surface area contributed by atoms with Crippen LogP contribution in [0.3, 0.4) is 0 Å². The number of fused-ring (bicyclic) bond motifs is 1. The second-order valence-corrected chi connectivity index (χ2v) is 6.53. The summed E-state index contributed by atoms with van der Waals surface area (Å²) < 4.78 is 1.35. The quantitative estimate of drug-likeness (QED) is 0.917. The Bertz CT molecular complexity index is 528. The Morgan fingerprint density at radius 1 is 1.28 bits per heavy atom. The molecule has 3 heteroatoms. The van der Waals surface area contributed by atoms with Crippen LogP contribution in [0, 0.1) is 0 Å². The minimum atomic E-state index is 0.00302. The zero-order valence-electron chi connectivity index (χ0n) is 11.6. The molecule has 0 spiro atoms. The Morgan fingerprint density at radius 3 is 2.61 bits per heavy atom. The van der Waals surface area contributed by atoms with E-state index >= 15 is 0 Å². The van der Waals surface area contributed by atoms with Gasteiger partial charge in [-0.05, 0) is 56.8 Å². The summed E-state index contributed by atoms with van der Waals surface area (Å²) in [7, 11) is 4.18. The second-order valence-electron chi connectivity index (χ2n) is 5.62. The van der Waals surface area contributed by atoms with Crippen molar-refractivity contribution in [1.29, 1.82) is 0 Å². The van der Waals surface area contributed by atoms with Gasteiger partial charge >= 0.3 is 0 Å². The first-order chi connectivity index (χ1) is 8.43. The molecule has 0 radical (unpaired) electrons. The minimum Gasteiger partial charge on any atom is -0.326 e. The number of thiophene rings is 1. The van der Waals surface area contributed by atoms with Crippen molar-refractivity contribution in [3.8, 4) is 0 Å². The van der Waals surface area contributed by atoms with Crippen LogP contribution in [0.15, 0.2) is 29.6 Å². The zero-order valence-corrected chi connectivity index (χ0v) is 12.4. The second kappa shape index (κ2) is 5.00. The average Bonchev–Trinajstić information content (AvgIpc) is 2.72. The molecule has 2 aromatic rings. The summed E-state index contributed by atoms with van der Waals surface area (Å²) in [6.07, 6.45) is 0.926. The number of rotatable bonds is 4. The fourth-order valence-electron chi connectivity index (χ4n) is 2.01. The van der Waals surface area contributed by atoms with Crippen molar-refractivity contribution < 1.29 is 0 Å². The SMILES string of the molecule is CN(C)C(C)(C)C(N)Cc1csc2ccccc12. The number of nitrogens with zero attached hydrogens (tertiary/aromatic N) is 1. The van der Waals surface area contributed by atoms with E-state index in [1.165, 1.54) is 15.6 Å². The van der Waals surface area contributed by atoms with Gasteiger partial charge in [0, 0.05) is 16.3 Å².